The zero-order valence-corrected chi connectivity index (χ0v) is 19.8. The van der Waals surface area contributed by atoms with Crippen molar-refractivity contribution in [2.45, 2.75) is 103 Å². The predicted octanol–water partition coefficient (Wildman–Crippen LogP) is 8.78. The summed E-state index contributed by atoms with van der Waals surface area (Å²) in [7, 11) is 0. The molecule has 0 saturated heterocycles. The molecule has 0 aliphatic heterocycles. The molecule has 0 unspecified atom stereocenters. The van der Waals surface area contributed by atoms with Gasteiger partial charge < -0.3 is 4.74 Å². The molecular formula is C29H43NO. The molecule has 2 aromatic rings. The molecule has 31 heavy (non-hydrogen) atoms. The molecule has 1 heterocycles. The smallest absolute Gasteiger partial charge is 0.119 e. The van der Waals surface area contributed by atoms with Gasteiger partial charge in [-0.2, -0.15) is 0 Å². The highest BCUT2D eigenvalue weighted by Gasteiger charge is 2.19. The van der Waals surface area contributed by atoms with Crippen LogP contribution in [-0.4, -0.2) is 11.6 Å². The van der Waals surface area contributed by atoms with Crippen LogP contribution in [0.5, 0.6) is 5.75 Å². The van der Waals surface area contributed by atoms with Crippen molar-refractivity contribution in [3.63, 3.8) is 0 Å². The SMILES string of the molecule is CCCCCCCCc1ccc(-c2ccc(OCCCCCCCC3CC3)cc2)nc1. The van der Waals surface area contributed by atoms with Crippen LogP contribution >= 0.6 is 0 Å². The van der Waals surface area contributed by atoms with Gasteiger partial charge in [0.2, 0.25) is 0 Å². The van der Waals surface area contributed by atoms with Crippen LogP contribution in [0.4, 0.5) is 0 Å². The molecule has 1 aromatic carbocycles. The molecule has 0 atom stereocenters. The molecular weight excluding hydrogens is 378 g/mol. The van der Waals surface area contributed by atoms with Gasteiger partial charge in [-0.1, -0.05) is 90.0 Å². The Kier molecular flexibility index (Phi) is 11.0. The standard InChI is InChI=1S/C29H43NO/c1-2-3-4-5-7-11-14-26-17-22-29(30-24-26)27-18-20-28(21-19-27)31-23-12-9-6-8-10-13-25-15-16-25/h17-22,24-25H,2-16,23H2,1H3. The van der Waals surface area contributed by atoms with Crippen molar-refractivity contribution in [2.75, 3.05) is 6.61 Å². The summed E-state index contributed by atoms with van der Waals surface area (Å²) in [5, 5.41) is 0. The minimum Gasteiger partial charge on any atom is -0.494 e. The Balaban J connectivity index is 1.29. The lowest BCUT2D eigenvalue weighted by molar-refractivity contribution is 0.304. The first kappa shape index (κ1) is 23.8. The second kappa shape index (κ2) is 14.3. The molecule has 1 aliphatic rings. The third-order valence-corrected chi connectivity index (χ3v) is 6.52. The van der Waals surface area contributed by atoms with Gasteiger partial charge in [0.1, 0.15) is 5.75 Å². The lowest BCUT2D eigenvalue weighted by atomic mass is 10.1. The van der Waals surface area contributed by atoms with Crippen molar-refractivity contribution in [1.29, 1.82) is 0 Å². The number of hydrogen-bond donors (Lipinski definition) is 0. The van der Waals surface area contributed by atoms with Gasteiger partial charge in [0.15, 0.2) is 0 Å². The number of nitrogens with zero attached hydrogens (tertiary/aromatic N) is 1. The lowest BCUT2D eigenvalue weighted by Gasteiger charge is -2.08. The lowest BCUT2D eigenvalue weighted by Crippen LogP contribution is -1.97. The Bertz CT molecular complexity index is 703. The molecule has 1 saturated carbocycles. The normalized spacial score (nSPS) is 13.5. The van der Waals surface area contributed by atoms with E-state index >= 15 is 0 Å². The monoisotopic (exact) mass is 421 g/mol. The largest absolute Gasteiger partial charge is 0.494 e. The highest BCUT2D eigenvalue weighted by molar-refractivity contribution is 5.60. The third-order valence-electron chi connectivity index (χ3n) is 6.52. The number of rotatable bonds is 17. The van der Waals surface area contributed by atoms with Gasteiger partial charge in [-0.05, 0) is 61.1 Å². The van der Waals surface area contributed by atoms with E-state index in [-0.39, 0.29) is 0 Å². The van der Waals surface area contributed by atoms with Crippen LogP contribution in [0, 0.1) is 5.92 Å². The number of benzene rings is 1. The van der Waals surface area contributed by atoms with Gasteiger partial charge >= 0.3 is 0 Å². The zero-order valence-electron chi connectivity index (χ0n) is 19.8. The number of pyridine rings is 1. The average Bonchev–Trinajstić information content (AvgIpc) is 3.63. The fraction of sp³-hybridized carbons (Fsp3) is 0.621. The summed E-state index contributed by atoms with van der Waals surface area (Å²) in [6.45, 7) is 3.10. The first-order valence-electron chi connectivity index (χ1n) is 13.0. The van der Waals surface area contributed by atoms with Crippen LogP contribution < -0.4 is 4.74 Å². The number of unbranched alkanes of at least 4 members (excludes halogenated alkanes) is 9. The van der Waals surface area contributed by atoms with E-state index in [4.69, 9.17) is 9.72 Å². The molecule has 0 amide bonds. The van der Waals surface area contributed by atoms with E-state index in [1.54, 1.807) is 0 Å². The van der Waals surface area contributed by atoms with E-state index in [0.717, 1.165) is 42.4 Å². The topological polar surface area (TPSA) is 22.1 Å². The van der Waals surface area contributed by atoms with E-state index in [1.807, 2.05) is 0 Å². The molecule has 0 bridgehead atoms. The second-order valence-corrected chi connectivity index (χ2v) is 9.44. The van der Waals surface area contributed by atoms with Crippen molar-refractivity contribution >= 4 is 0 Å². The van der Waals surface area contributed by atoms with E-state index in [0.29, 0.717) is 0 Å². The number of aryl methyl sites for hydroxylation is 1. The number of hydrogen-bond acceptors (Lipinski definition) is 2. The Hall–Kier alpha value is -1.83. The summed E-state index contributed by atoms with van der Waals surface area (Å²) < 4.78 is 5.93. The molecule has 3 rings (SSSR count). The maximum atomic E-state index is 5.93. The molecule has 2 nitrogen and oxygen atoms in total. The van der Waals surface area contributed by atoms with E-state index < -0.39 is 0 Å². The highest BCUT2D eigenvalue weighted by Crippen LogP contribution is 2.34. The van der Waals surface area contributed by atoms with Gasteiger partial charge in [0.25, 0.3) is 0 Å². The first-order chi connectivity index (χ1) is 15.3. The van der Waals surface area contributed by atoms with Crippen molar-refractivity contribution in [3.05, 3.63) is 48.2 Å². The molecule has 0 spiro atoms. The molecule has 1 aliphatic carbocycles. The van der Waals surface area contributed by atoms with Crippen LogP contribution in [0.25, 0.3) is 11.3 Å². The summed E-state index contributed by atoms with van der Waals surface area (Å²) in [6, 6.07) is 12.8. The second-order valence-electron chi connectivity index (χ2n) is 9.44. The quantitative estimate of drug-likeness (QED) is 0.238. The average molecular weight is 422 g/mol. The summed E-state index contributed by atoms with van der Waals surface area (Å²) in [4.78, 5) is 4.69. The summed E-state index contributed by atoms with van der Waals surface area (Å²) in [5.74, 6) is 2.06. The Labute approximate surface area is 190 Å². The van der Waals surface area contributed by atoms with Crippen LogP contribution in [0.15, 0.2) is 42.6 Å². The van der Waals surface area contributed by atoms with Gasteiger partial charge in [0, 0.05) is 11.8 Å². The minimum absolute atomic E-state index is 0.827. The van der Waals surface area contributed by atoms with Crippen molar-refractivity contribution in [1.82, 2.24) is 4.98 Å². The Morgan fingerprint density at radius 2 is 1.48 bits per heavy atom. The maximum absolute atomic E-state index is 5.93. The molecule has 1 fully saturated rings. The van der Waals surface area contributed by atoms with Crippen LogP contribution in [0.3, 0.4) is 0 Å². The van der Waals surface area contributed by atoms with Crippen LogP contribution in [-0.2, 0) is 6.42 Å². The zero-order chi connectivity index (χ0) is 21.6. The van der Waals surface area contributed by atoms with Gasteiger partial charge in [-0.25, -0.2) is 0 Å². The Morgan fingerprint density at radius 3 is 2.19 bits per heavy atom. The van der Waals surface area contributed by atoms with Crippen molar-refractivity contribution in [3.8, 4) is 17.0 Å². The Morgan fingerprint density at radius 1 is 0.774 bits per heavy atom. The molecule has 170 valence electrons. The summed E-state index contributed by atoms with van der Waals surface area (Å²) >= 11 is 0. The van der Waals surface area contributed by atoms with Crippen molar-refractivity contribution < 1.29 is 4.74 Å². The molecule has 0 N–H and O–H groups in total. The minimum atomic E-state index is 0.827. The van der Waals surface area contributed by atoms with Crippen LogP contribution in [0.1, 0.15) is 102 Å². The molecule has 0 radical (unpaired) electrons. The molecule has 1 aromatic heterocycles. The maximum Gasteiger partial charge on any atom is 0.119 e. The highest BCUT2D eigenvalue weighted by atomic mass is 16.5. The third kappa shape index (κ3) is 9.89. The van der Waals surface area contributed by atoms with Crippen LogP contribution in [0.2, 0.25) is 0 Å². The number of aromatic nitrogens is 1. The molecule has 2 heteroatoms. The van der Waals surface area contributed by atoms with E-state index in [1.165, 1.54) is 89.0 Å². The van der Waals surface area contributed by atoms with Crippen molar-refractivity contribution in [2.24, 2.45) is 5.92 Å². The predicted molar refractivity (Wildman–Crippen MR) is 133 cm³/mol. The summed E-state index contributed by atoms with van der Waals surface area (Å²) in [6.07, 6.45) is 22.3. The fourth-order valence-electron chi connectivity index (χ4n) is 4.24. The summed E-state index contributed by atoms with van der Waals surface area (Å²) in [5.41, 5.74) is 3.56. The fourth-order valence-corrected chi connectivity index (χ4v) is 4.24. The van der Waals surface area contributed by atoms with Gasteiger partial charge in [-0.3, -0.25) is 4.98 Å². The first-order valence-corrected chi connectivity index (χ1v) is 13.0. The number of ether oxygens (including phenoxy) is 1. The van der Waals surface area contributed by atoms with E-state index in [2.05, 4.69) is 49.5 Å². The van der Waals surface area contributed by atoms with Gasteiger partial charge in [0.05, 0.1) is 12.3 Å². The van der Waals surface area contributed by atoms with E-state index in [9.17, 15) is 0 Å². The van der Waals surface area contributed by atoms with Gasteiger partial charge in [-0.15, -0.1) is 0 Å².